The molecule has 1 aliphatic carbocycles. The van der Waals surface area contributed by atoms with E-state index in [-0.39, 0.29) is 0 Å². The normalized spacial score (nSPS) is 23.6. The van der Waals surface area contributed by atoms with E-state index in [1.54, 1.807) is 0 Å². The summed E-state index contributed by atoms with van der Waals surface area (Å²) in [5, 5.41) is 3.60. The summed E-state index contributed by atoms with van der Waals surface area (Å²) in [7, 11) is 4.21. The molecule has 0 aliphatic heterocycles. The average molecular weight is 260 g/mol. The molecular formula is C17H28N2. The van der Waals surface area contributed by atoms with Crippen LogP contribution >= 0.6 is 0 Å². The van der Waals surface area contributed by atoms with Gasteiger partial charge in [0.1, 0.15) is 0 Å². The van der Waals surface area contributed by atoms with Crippen LogP contribution in [0, 0.1) is 11.8 Å². The molecule has 0 spiro atoms. The summed E-state index contributed by atoms with van der Waals surface area (Å²) in [5.74, 6) is 1.82. The Morgan fingerprint density at radius 1 is 1.05 bits per heavy atom. The summed E-state index contributed by atoms with van der Waals surface area (Å²) in [6.07, 6.45) is 5.61. The molecule has 0 radical (unpaired) electrons. The van der Waals surface area contributed by atoms with E-state index in [1.807, 2.05) is 0 Å². The van der Waals surface area contributed by atoms with Crippen LogP contribution in [0.4, 0.5) is 5.69 Å². The second-order valence-corrected chi connectivity index (χ2v) is 6.44. The molecule has 0 heterocycles. The maximum atomic E-state index is 3.60. The number of nitrogens with one attached hydrogen (secondary N) is 1. The zero-order valence-electron chi connectivity index (χ0n) is 12.7. The van der Waals surface area contributed by atoms with E-state index in [0.29, 0.717) is 0 Å². The molecule has 106 valence electrons. The second-order valence-electron chi connectivity index (χ2n) is 6.44. The van der Waals surface area contributed by atoms with Crippen LogP contribution in [0.3, 0.4) is 0 Å². The molecule has 1 aliphatic rings. The molecule has 2 heteroatoms. The van der Waals surface area contributed by atoms with E-state index in [1.165, 1.54) is 36.9 Å². The Balaban J connectivity index is 1.76. The fraction of sp³-hybridized carbons (Fsp3) is 0.647. The van der Waals surface area contributed by atoms with Crippen molar-refractivity contribution in [2.75, 3.05) is 26.0 Å². The minimum Gasteiger partial charge on any atom is -0.385 e. The smallest absolute Gasteiger partial charge is 0.0340 e. The van der Waals surface area contributed by atoms with Gasteiger partial charge in [-0.25, -0.2) is 0 Å². The molecular weight excluding hydrogens is 232 g/mol. The van der Waals surface area contributed by atoms with E-state index in [4.69, 9.17) is 0 Å². The van der Waals surface area contributed by atoms with Crippen molar-refractivity contribution in [1.82, 2.24) is 4.90 Å². The van der Waals surface area contributed by atoms with Crippen molar-refractivity contribution in [1.29, 1.82) is 0 Å². The number of benzene rings is 1. The van der Waals surface area contributed by atoms with Gasteiger partial charge < -0.3 is 10.2 Å². The third-order valence-corrected chi connectivity index (χ3v) is 4.18. The standard InChI is InChI=1S/C17H28N2/c1-14-4-6-15(7-5-14)12-18-17-10-8-16(9-11-17)13-19(2)3/h8-11,14-15,18H,4-7,12-13H2,1-3H3. The highest BCUT2D eigenvalue weighted by Gasteiger charge is 2.17. The Kier molecular flexibility index (Phi) is 5.26. The van der Waals surface area contributed by atoms with Gasteiger partial charge in [-0.3, -0.25) is 0 Å². The van der Waals surface area contributed by atoms with Crippen LogP contribution in [0.15, 0.2) is 24.3 Å². The lowest BCUT2D eigenvalue weighted by Crippen LogP contribution is -2.20. The van der Waals surface area contributed by atoms with Gasteiger partial charge in [0.25, 0.3) is 0 Å². The predicted molar refractivity (Wildman–Crippen MR) is 83.4 cm³/mol. The first-order valence-electron chi connectivity index (χ1n) is 7.61. The number of anilines is 1. The fourth-order valence-corrected chi connectivity index (χ4v) is 2.89. The lowest BCUT2D eigenvalue weighted by molar-refractivity contribution is 0.300. The van der Waals surface area contributed by atoms with Crippen molar-refractivity contribution in [3.63, 3.8) is 0 Å². The Hall–Kier alpha value is -1.02. The van der Waals surface area contributed by atoms with Crippen LogP contribution in [0.5, 0.6) is 0 Å². The van der Waals surface area contributed by atoms with Crippen molar-refractivity contribution >= 4 is 5.69 Å². The second kappa shape index (κ2) is 6.95. The Labute approximate surface area is 118 Å². The van der Waals surface area contributed by atoms with E-state index in [2.05, 4.69) is 55.5 Å². The molecule has 0 atom stereocenters. The van der Waals surface area contributed by atoms with Crippen molar-refractivity contribution in [3.8, 4) is 0 Å². The predicted octanol–water partition coefficient (Wildman–Crippen LogP) is 3.99. The van der Waals surface area contributed by atoms with E-state index in [0.717, 1.165) is 24.9 Å². The molecule has 0 aromatic heterocycles. The molecule has 1 aromatic carbocycles. The first-order valence-corrected chi connectivity index (χ1v) is 7.61. The van der Waals surface area contributed by atoms with Gasteiger partial charge in [-0.1, -0.05) is 31.9 Å². The highest BCUT2D eigenvalue weighted by atomic mass is 15.0. The number of hydrogen-bond donors (Lipinski definition) is 1. The van der Waals surface area contributed by atoms with E-state index in [9.17, 15) is 0 Å². The van der Waals surface area contributed by atoms with Crippen LogP contribution in [0.2, 0.25) is 0 Å². The lowest BCUT2D eigenvalue weighted by Gasteiger charge is -2.26. The Morgan fingerprint density at radius 2 is 1.68 bits per heavy atom. The first-order chi connectivity index (χ1) is 9.13. The summed E-state index contributed by atoms with van der Waals surface area (Å²) in [5.41, 5.74) is 2.64. The highest BCUT2D eigenvalue weighted by molar-refractivity contribution is 5.44. The number of hydrogen-bond acceptors (Lipinski definition) is 2. The molecule has 2 rings (SSSR count). The maximum Gasteiger partial charge on any atom is 0.0340 e. The van der Waals surface area contributed by atoms with Crippen LogP contribution in [0.25, 0.3) is 0 Å². The zero-order valence-corrected chi connectivity index (χ0v) is 12.7. The average Bonchev–Trinajstić information content (AvgIpc) is 2.39. The number of nitrogens with zero attached hydrogens (tertiary/aromatic N) is 1. The summed E-state index contributed by atoms with van der Waals surface area (Å²) in [4.78, 5) is 2.20. The van der Waals surface area contributed by atoms with Crippen molar-refractivity contribution < 1.29 is 0 Å². The van der Waals surface area contributed by atoms with Crippen molar-refractivity contribution in [2.24, 2.45) is 11.8 Å². The van der Waals surface area contributed by atoms with E-state index < -0.39 is 0 Å². The van der Waals surface area contributed by atoms with Gasteiger partial charge in [0.2, 0.25) is 0 Å². The third kappa shape index (κ3) is 4.87. The lowest BCUT2D eigenvalue weighted by atomic mass is 9.83. The van der Waals surface area contributed by atoms with Crippen LogP contribution in [-0.2, 0) is 6.54 Å². The summed E-state index contributed by atoms with van der Waals surface area (Å²) in [6, 6.07) is 8.88. The van der Waals surface area contributed by atoms with Crippen LogP contribution in [-0.4, -0.2) is 25.5 Å². The third-order valence-electron chi connectivity index (χ3n) is 4.18. The van der Waals surface area contributed by atoms with Gasteiger partial charge in [-0.2, -0.15) is 0 Å². The van der Waals surface area contributed by atoms with E-state index >= 15 is 0 Å². The minimum atomic E-state index is 0.873. The van der Waals surface area contributed by atoms with Crippen LogP contribution in [0.1, 0.15) is 38.2 Å². The van der Waals surface area contributed by atoms with Crippen molar-refractivity contribution in [2.45, 2.75) is 39.2 Å². The van der Waals surface area contributed by atoms with Gasteiger partial charge >= 0.3 is 0 Å². The van der Waals surface area contributed by atoms with Gasteiger partial charge in [0.05, 0.1) is 0 Å². The molecule has 2 nitrogen and oxygen atoms in total. The molecule has 1 aromatic rings. The van der Waals surface area contributed by atoms with Crippen molar-refractivity contribution in [3.05, 3.63) is 29.8 Å². The molecule has 0 saturated heterocycles. The SMILES string of the molecule is CC1CCC(CNc2ccc(CN(C)C)cc2)CC1. The molecule has 1 fully saturated rings. The maximum absolute atomic E-state index is 3.60. The topological polar surface area (TPSA) is 15.3 Å². The fourth-order valence-electron chi connectivity index (χ4n) is 2.89. The summed E-state index contributed by atoms with van der Waals surface area (Å²) < 4.78 is 0. The van der Waals surface area contributed by atoms with Gasteiger partial charge in [-0.05, 0) is 56.5 Å². The molecule has 19 heavy (non-hydrogen) atoms. The summed E-state index contributed by atoms with van der Waals surface area (Å²) >= 11 is 0. The van der Waals surface area contributed by atoms with Gasteiger partial charge in [-0.15, -0.1) is 0 Å². The quantitative estimate of drug-likeness (QED) is 0.861. The molecule has 0 amide bonds. The monoisotopic (exact) mass is 260 g/mol. The summed E-state index contributed by atoms with van der Waals surface area (Å²) in [6.45, 7) is 4.54. The van der Waals surface area contributed by atoms with Gasteiger partial charge in [0.15, 0.2) is 0 Å². The first kappa shape index (κ1) is 14.4. The molecule has 1 saturated carbocycles. The Morgan fingerprint density at radius 3 is 2.26 bits per heavy atom. The molecule has 0 bridgehead atoms. The Bertz CT molecular complexity index is 361. The zero-order chi connectivity index (χ0) is 13.7. The largest absolute Gasteiger partial charge is 0.385 e. The highest BCUT2D eigenvalue weighted by Crippen LogP contribution is 2.28. The minimum absolute atomic E-state index is 0.873. The number of rotatable bonds is 5. The van der Waals surface area contributed by atoms with Gasteiger partial charge in [0, 0.05) is 18.8 Å². The molecule has 1 N–H and O–H groups in total. The molecule has 0 unspecified atom stereocenters. The van der Waals surface area contributed by atoms with Crippen LogP contribution < -0.4 is 5.32 Å².